The summed E-state index contributed by atoms with van der Waals surface area (Å²) in [5.74, 6) is 1.04. The molecule has 0 atom stereocenters. The number of aromatic nitrogens is 16. The van der Waals surface area contributed by atoms with Crippen LogP contribution in [0.2, 0.25) is 5.02 Å². The lowest BCUT2D eigenvalue weighted by Gasteiger charge is -2.36. The van der Waals surface area contributed by atoms with Crippen LogP contribution in [-0.4, -0.2) is 136 Å². The smallest absolute Gasteiger partial charge is 0.478 e. The van der Waals surface area contributed by atoms with E-state index in [0.717, 1.165) is 90.6 Å². The van der Waals surface area contributed by atoms with Gasteiger partial charge in [0.05, 0.1) is 122 Å². The van der Waals surface area contributed by atoms with Crippen LogP contribution in [0, 0.1) is 0 Å². The summed E-state index contributed by atoms with van der Waals surface area (Å²) in [6.07, 6.45) is -0.481. The van der Waals surface area contributed by atoms with Crippen molar-refractivity contribution in [3.05, 3.63) is 258 Å². The number of halogens is 9. The number of urea groups is 4. The van der Waals surface area contributed by atoms with Crippen molar-refractivity contribution in [1.82, 2.24) is 79.0 Å². The van der Waals surface area contributed by atoms with Crippen molar-refractivity contribution in [2.75, 3.05) is 65.6 Å². The molecule has 0 radical (unpaired) electrons. The first-order valence-corrected chi connectivity index (χ1v) is 41.6. The van der Waals surface area contributed by atoms with Gasteiger partial charge in [-0.2, -0.15) is 53.5 Å². The fourth-order valence-corrected chi connectivity index (χ4v) is 15.4. The van der Waals surface area contributed by atoms with Crippen LogP contribution in [0.4, 0.5) is 123 Å². The number of carbonyl (C=O) groups excluding carboxylic acids is 4. The number of ether oxygens (including phenoxy) is 5. The van der Waals surface area contributed by atoms with Crippen molar-refractivity contribution in [1.29, 1.82) is 0 Å². The van der Waals surface area contributed by atoms with Crippen LogP contribution >= 0.6 is 11.6 Å². The monoisotopic (exact) mass is 1840 g/mol. The fraction of sp³-hybridized carbons (Fsp3) is 0.209. The molecule has 678 valence electrons. The molecule has 20 rings (SSSR count). The molecule has 4 aliphatic heterocycles. The van der Waals surface area contributed by atoms with E-state index >= 15 is 0 Å². The Bertz CT molecular complexity index is 7090. The Kier molecular flexibility index (Phi) is 24.5. The zero-order valence-electron chi connectivity index (χ0n) is 71.8. The normalized spacial score (nSPS) is 13.8. The van der Waals surface area contributed by atoms with E-state index in [-0.39, 0.29) is 53.9 Å². The minimum Gasteiger partial charge on any atom is -0.478 e. The largest absolute Gasteiger partial charge is 0.574 e. The molecule has 0 saturated carbocycles. The van der Waals surface area contributed by atoms with Gasteiger partial charge < -0.3 is 23.7 Å². The summed E-state index contributed by atoms with van der Waals surface area (Å²) in [7, 11) is 7.33. The average molecular weight is 1840 g/mol. The van der Waals surface area contributed by atoms with Crippen molar-refractivity contribution in [3.8, 4) is 29.4 Å². The third-order valence-corrected chi connectivity index (χ3v) is 21.3. The van der Waals surface area contributed by atoms with Crippen LogP contribution in [0.25, 0.3) is 43.6 Å². The number of rotatable bonds is 18. The second kappa shape index (κ2) is 36.7. The summed E-state index contributed by atoms with van der Waals surface area (Å²) < 4.78 is 135. The summed E-state index contributed by atoms with van der Waals surface area (Å²) in [6.45, 7) is 10.1. The Balaban J connectivity index is 0.000000124. The number of pyridine rings is 6. The van der Waals surface area contributed by atoms with E-state index in [1.807, 2.05) is 152 Å². The van der Waals surface area contributed by atoms with Crippen LogP contribution in [0.1, 0.15) is 67.9 Å². The van der Waals surface area contributed by atoms with Crippen molar-refractivity contribution in [2.45, 2.75) is 72.8 Å². The van der Waals surface area contributed by atoms with Crippen LogP contribution in [0.5, 0.6) is 29.4 Å². The number of fused-ring (bicyclic) bond motifs is 8. The number of hydrogen-bond acceptors (Lipinski definition) is 21. The van der Waals surface area contributed by atoms with E-state index in [9.17, 15) is 54.3 Å². The zero-order valence-corrected chi connectivity index (χ0v) is 72.6. The third kappa shape index (κ3) is 18.7. The van der Waals surface area contributed by atoms with E-state index in [4.69, 9.17) is 30.5 Å². The van der Waals surface area contributed by atoms with Crippen LogP contribution in [0.15, 0.2) is 219 Å². The van der Waals surface area contributed by atoms with E-state index in [1.54, 1.807) is 113 Å². The van der Waals surface area contributed by atoms with Gasteiger partial charge in [-0.05, 0) is 167 Å². The summed E-state index contributed by atoms with van der Waals surface area (Å²) in [5.41, 5.74) is 9.98. The van der Waals surface area contributed by atoms with Gasteiger partial charge in [-0.3, -0.25) is 43.3 Å². The van der Waals surface area contributed by atoms with Crippen molar-refractivity contribution in [2.24, 2.45) is 28.2 Å². The lowest BCUT2D eigenvalue weighted by molar-refractivity contribution is -0.276. The highest BCUT2D eigenvalue weighted by Gasteiger charge is 2.42. The minimum absolute atomic E-state index is 0.0487. The third-order valence-electron chi connectivity index (χ3n) is 21.1. The summed E-state index contributed by atoms with van der Waals surface area (Å²) >= 11 is 6.08. The first kappa shape index (κ1) is 88.8. The van der Waals surface area contributed by atoms with Gasteiger partial charge in [0.2, 0.25) is 35.2 Å². The molecule has 0 saturated heterocycles. The molecular weight excluding hydrogens is 1760 g/mol. The molecule has 5 aromatic carbocycles. The predicted octanol–water partition coefficient (Wildman–Crippen LogP) is 19.7. The van der Waals surface area contributed by atoms with Crippen molar-refractivity contribution < 1.29 is 78.0 Å². The molecule has 0 aliphatic carbocycles. The average Bonchev–Trinajstić information content (AvgIpc) is 1.76. The second-order valence-electron chi connectivity index (χ2n) is 30.1. The van der Waals surface area contributed by atoms with Gasteiger partial charge in [0.25, 0.3) is 6.43 Å². The molecule has 133 heavy (non-hydrogen) atoms. The zero-order chi connectivity index (χ0) is 93.4. The number of aryl methyl sites for hydroxylation is 4. The Labute approximate surface area is 755 Å². The van der Waals surface area contributed by atoms with E-state index in [0.29, 0.717) is 114 Å². The minimum atomic E-state index is -4.88. The number of hydrogen-bond donors (Lipinski definition) is 0. The molecule has 0 N–H and O–H groups in total. The predicted molar refractivity (Wildman–Crippen MR) is 478 cm³/mol. The Morgan fingerprint density at radius 2 is 0.632 bits per heavy atom. The lowest BCUT2D eigenvalue weighted by Crippen LogP contribution is -2.45. The molecule has 42 heteroatoms. The number of nitrogens with zero attached hydrogens (tertiary/aromatic N) is 24. The summed E-state index contributed by atoms with van der Waals surface area (Å²) in [4.78, 5) is 99.1. The molecular formula is C91H77ClF8N24O9. The molecule has 16 aromatic rings. The highest BCUT2D eigenvalue weighted by molar-refractivity contribution is 6.30. The maximum atomic E-state index is 13.7. The first-order chi connectivity index (χ1) is 63.9. The molecule has 0 fully saturated rings. The maximum Gasteiger partial charge on any atom is 0.574 e. The maximum absolute atomic E-state index is 13.7. The topological polar surface area (TPSA) is 315 Å². The van der Waals surface area contributed by atoms with Gasteiger partial charge in [0, 0.05) is 155 Å². The van der Waals surface area contributed by atoms with E-state index < -0.39 is 42.7 Å². The van der Waals surface area contributed by atoms with Crippen LogP contribution in [-0.2, 0) is 60.5 Å². The lowest BCUT2D eigenvalue weighted by atomic mass is 10.1. The molecule has 15 heterocycles. The van der Waals surface area contributed by atoms with Gasteiger partial charge in [0.15, 0.2) is 0 Å². The van der Waals surface area contributed by atoms with E-state index in [1.165, 1.54) is 44.0 Å². The number of benzene rings is 5. The van der Waals surface area contributed by atoms with Gasteiger partial charge >= 0.3 is 36.7 Å². The SMILES string of the molecule is CCOc1ccc2c(n1)N(c1ccc(C(F)F)nc1)C(=O)N(c1ccc3nn(C)cc3c1)C2.CCOc1ccc2c(n1)N(c1ccc(Cl)cc1)C(=O)N(c1ccc3nn(C)cc3c1)C2.CCOc1ccc2c(n1)N(c1ccc(OC(F)(F)F)nc1)C(=O)N(c1ccc3nn(C)cc3c1)C2.CCOc1ccc2c(n1)N(c1cnc(C(F)(F)F)nc1)C(=O)N(c1ccc3nn(C)cc3c1)C2. The molecule has 0 unspecified atom stereocenters. The highest BCUT2D eigenvalue weighted by atomic mass is 35.5. The summed E-state index contributed by atoms with van der Waals surface area (Å²) in [5, 5.41) is 21.7. The molecule has 33 nitrogen and oxygen atoms in total. The fourth-order valence-electron chi connectivity index (χ4n) is 15.3. The van der Waals surface area contributed by atoms with Crippen LogP contribution in [0.3, 0.4) is 0 Å². The Morgan fingerprint density at radius 1 is 0.346 bits per heavy atom. The summed E-state index contributed by atoms with van der Waals surface area (Å²) in [6, 6.07) is 47.2. The quantitative estimate of drug-likeness (QED) is 0.0720. The molecule has 0 spiro atoms. The van der Waals surface area contributed by atoms with Gasteiger partial charge in [0.1, 0.15) is 29.0 Å². The van der Waals surface area contributed by atoms with Gasteiger partial charge in [-0.1, -0.05) is 11.6 Å². The molecule has 0 bridgehead atoms. The van der Waals surface area contributed by atoms with E-state index in [2.05, 4.69) is 65.0 Å². The van der Waals surface area contributed by atoms with Crippen LogP contribution < -0.4 is 62.9 Å². The molecule has 4 aliphatic rings. The van der Waals surface area contributed by atoms with Crippen molar-refractivity contribution >= 4 is 148 Å². The van der Waals surface area contributed by atoms with Gasteiger partial charge in [-0.15, -0.1) is 13.2 Å². The number of anilines is 12. The number of alkyl halides is 8. The van der Waals surface area contributed by atoms with Crippen molar-refractivity contribution in [3.63, 3.8) is 0 Å². The second-order valence-corrected chi connectivity index (χ2v) is 30.6. The Morgan fingerprint density at radius 3 is 0.917 bits per heavy atom. The Hall–Kier alpha value is -16.2. The standard InChI is InChI=1S/C23H20ClN5O2.C23H19F3N6O3.C23H20F2N6O2.C22H18F3N7O2/c1-3-31-21-11-4-15-14-28(19-9-10-20-16(12-19)13-27(2)26-20)23(30)29(22(15)25-21)18-7-5-17(24)6-8-18;1-3-34-20-8-4-14-13-31(16-5-7-18-15(10-16)12-30(2)29-18)22(33)32(21(14)28-20)17-6-9-19(27-11-17)35-23(24,25)26;1-3-33-20-9-4-14-13-30(16-5-7-18-15(10-16)12-29(2)28-18)23(32)31(22(14)27-20)17-6-8-19(21(24)25)26-11-17;1-3-34-18-7-4-13-12-31(15-5-6-17-14(8-15)11-30(2)29-17)21(33)32(19(13)28-18)16-9-26-20(27-10-16)22(23,24)25/h4-13H,3,14H2,1-2H3;4-12H,3,13H2,1-2H3;4-12,21H,3,13H2,1-2H3;4-11H,3,12H2,1-2H3. The first-order valence-electron chi connectivity index (χ1n) is 41.3. The molecule has 8 amide bonds. The number of carbonyl (C=O) groups is 4. The van der Waals surface area contributed by atoms with Gasteiger partial charge in [-0.25, -0.2) is 62.5 Å². The number of amides is 8. The molecule has 11 aromatic heterocycles. The highest BCUT2D eigenvalue weighted by Crippen LogP contribution is 2.45.